The van der Waals surface area contributed by atoms with Crippen molar-refractivity contribution in [1.82, 2.24) is 15.5 Å². The molecule has 1 aliphatic carbocycles. The van der Waals surface area contributed by atoms with E-state index in [2.05, 4.69) is 36.6 Å². The van der Waals surface area contributed by atoms with Crippen molar-refractivity contribution >= 4 is 29.9 Å². The van der Waals surface area contributed by atoms with Crippen LogP contribution in [0.2, 0.25) is 0 Å². The second-order valence-electron chi connectivity index (χ2n) is 6.54. The maximum Gasteiger partial charge on any atom is 0.191 e. The third-order valence-corrected chi connectivity index (χ3v) is 4.26. The van der Waals surface area contributed by atoms with Crippen molar-refractivity contribution in [2.75, 3.05) is 40.3 Å². The lowest BCUT2D eigenvalue weighted by Crippen LogP contribution is -2.39. The number of hydrogen-bond acceptors (Lipinski definition) is 2. The lowest BCUT2D eigenvalue weighted by Gasteiger charge is -2.17. The van der Waals surface area contributed by atoms with Gasteiger partial charge in [-0.2, -0.15) is 0 Å². The topological polar surface area (TPSA) is 39.7 Å². The first-order chi connectivity index (χ1) is 11.1. The van der Waals surface area contributed by atoms with Crippen LogP contribution >= 0.6 is 24.0 Å². The van der Waals surface area contributed by atoms with Crippen LogP contribution in [-0.4, -0.2) is 51.1 Å². The second kappa shape index (κ2) is 10.2. The number of nitrogens with zero attached hydrogens (tertiary/aromatic N) is 2. The molecule has 0 aromatic heterocycles. The molecule has 0 bridgehead atoms. The Morgan fingerprint density at radius 1 is 1.25 bits per heavy atom. The van der Waals surface area contributed by atoms with Crippen molar-refractivity contribution in [3.8, 4) is 0 Å². The van der Waals surface area contributed by atoms with Crippen LogP contribution in [0.4, 0.5) is 4.39 Å². The normalized spacial score (nSPS) is 15.8. The molecule has 0 amide bonds. The van der Waals surface area contributed by atoms with E-state index in [4.69, 9.17) is 4.99 Å². The molecule has 0 unspecified atom stereocenters. The summed E-state index contributed by atoms with van der Waals surface area (Å²) in [6.07, 6.45) is 3.09. The fourth-order valence-electron chi connectivity index (χ4n) is 2.73. The summed E-state index contributed by atoms with van der Waals surface area (Å²) in [5.41, 5.74) is 0.712. The highest BCUT2D eigenvalue weighted by Gasteiger charge is 2.45. The number of guanidine groups is 1. The molecule has 1 fully saturated rings. The van der Waals surface area contributed by atoms with Gasteiger partial charge in [-0.1, -0.05) is 18.2 Å². The number of nitrogens with one attached hydrogen (secondary N) is 2. The minimum absolute atomic E-state index is 0. The van der Waals surface area contributed by atoms with Gasteiger partial charge < -0.3 is 15.5 Å². The fourth-order valence-corrected chi connectivity index (χ4v) is 2.73. The highest BCUT2D eigenvalue weighted by atomic mass is 127. The van der Waals surface area contributed by atoms with Gasteiger partial charge >= 0.3 is 0 Å². The summed E-state index contributed by atoms with van der Waals surface area (Å²) in [5, 5.41) is 6.63. The zero-order valence-electron chi connectivity index (χ0n) is 14.9. The monoisotopic (exact) mass is 448 g/mol. The smallest absolute Gasteiger partial charge is 0.191 e. The molecule has 0 spiro atoms. The third-order valence-electron chi connectivity index (χ3n) is 4.26. The summed E-state index contributed by atoms with van der Waals surface area (Å²) in [6.45, 7) is 5.45. The molecule has 0 atom stereocenters. The first kappa shape index (κ1) is 21.2. The number of rotatable bonds is 8. The van der Waals surface area contributed by atoms with E-state index in [1.807, 2.05) is 12.1 Å². The zero-order valence-corrected chi connectivity index (χ0v) is 17.3. The van der Waals surface area contributed by atoms with E-state index in [1.165, 1.54) is 0 Å². The molecule has 2 N–H and O–H groups in total. The Labute approximate surface area is 162 Å². The summed E-state index contributed by atoms with van der Waals surface area (Å²) in [5.74, 6) is 0.720. The van der Waals surface area contributed by atoms with Crippen LogP contribution < -0.4 is 10.6 Å². The summed E-state index contributed by atoms with van der Waals surface area (Å²) in [4.78, 5) is 6.87. The van der Waals surface area contributed by atoms with E-state index in [-0.39, 0.29) is 35.2 Å². The molecule has 4 nitrogen and oxygen atoms in total. The minimum Gasteiger partial charge on any atom is -0.357 e. The van der Waals surface area contributed by atoms with Crippen LogP contribution in [-0.2, 0) is 5.41 Å². The predicted molar refractivity (Wildman–Crippen MR) is 110 cm³/mol. The highest BCUT2D eigenvalue weighted by Crippen LogP contribution is 2.49. The van der Waals surface area contributed by atoms with Gasteiger partial charge in [-0.3, -0.25) is 4.99 Å². The van der Waals surface area contributed by atoms with Gasteiger partial charge in [0.25, 0.3) is 0 Å². The maximum absolute atomic E-state index is 14.0. The van der Waals surface area contributed by atoms with Crippen LogP contribution in [0.25, 0.3) is 0 Å². The molecule has 6 heteroatoms. The molecule has 0 radical (unpaired) electrons. The van der Waals surface area contributed by atoms with Crippen molar-refractivity contribution in [3.05, 3.63) is 35.6 Å². The summed E-state index contributed by atoms with van der Waals surface area (Å²) < 4.78 is 14.0. The van der Waals surface area contributed by atoms with E-state index in [0.717, 1.165) is 50.4 Å². The van der Waals surface area contributed by atoms with Crippen LogP contribution in [0.1, 0.15) is 31.7 Å². The standard InChI is InChI=1S/C18H29FN4.HI/c1-4-20-17(21-12-7-13-23(2)3)22-14-18(10-11-18)15-8-5-6-9-16(15)19;/h5-6,8-9H,4,7,10-14H2,1-3H3,(H2,20,21,22);1H. The summed E-state index contributed by atoms with van der Waals surface area (Å²) in [7, 11) is 4.15. The molecule has 0 heterocycles. The van der Waals surface area contributed by atoms with Crippen molar-refractivity contribution in [2.45, 2.75) is 31.6 Å². The lowest BCUT2D eigenvalue weighted by atomic mass is 9.95. The van der Waals surface area contributed by atoms with Gasteiger partial charge in [0.05, 0.1) is 6.54 Å². The second-order valence-corrected chi connectivity index (χ2v) is 6.54. The fraction of sp³-hybridized carbons (Fsp3) is 0.611. The quantitative estimate of drug-likeness (QED) is 0.278. The predicted octanol–water partition coefficient (Wildman–Crippen LogP) is 2.98. The van der Waals surface area contributed by atoms with E-state index in [9.17, 15) is 4.39 Å². The van der Waals surface area contributed by atoms with Crippen molar-refractivity contribution < 1.29 is 4.39 Å². The Morgan fingerprint density at radius 3 is 2.54 bits per heavy atom. The number of aliphatic imine (C=N–C) groups is 1. The van der Waals surface area contributed by atoms with Crippen molar-refractivity contribution in [1.29, 1.82) is 0 Å². The number of halogens is 2. The van der Waals surface area contributed by atoms with Gasteiger partial charge in [0.15, 0.2) is 5.96 Å². The summed E-state index contributed by atoms with van der Waals surface area (Å²) >= 11 is 0. The number of hydrogen-bond donors (Lipinski definition) is 2. The maximum atomic E-state index is 14.0. The average molecular weight is 448 g/mol. The Balaban J connectivity index is 0.00000288. The number of benzene rings is 1. The molecule has 0 aliphatic heterocycles. The van der Waals surface area contributed by atoms with Crippen molar-refractivity contribution in [2.24, 2.45) is 4.99 Å². The van der Waals surface area contributed by atoms with Gasteiger partial charge in [0, 0.05) is 18.5 Å². The minimum atomic E-state index is -0.107. The molecule has 136 valence electrons. The Morgan fingerprint density at radius 2 is 1.96 bits per heavy atom. The van der Waals surface area contributed by atoms with Crippen LogP contribution in [0.3, 0.4) is 0 Å². The Bertz CT molecular complexity index is 530. The van der Waals surface area contributed by atoms with Crippen LogP contribution in [0.15, 0.2) is 29.3 Å². The molecule has 1 aromatic rings. The first-order valence-electron chi connectivity index (χ1n) is 8.49. The lowest BCUT2D eigenvalue weighted by molar-refractivity contribution is 0.399. The summed E-state index contributed by atoms with van der Waals surface area (Å²) in [6, 6.07) is 7.10. The van der Waals surface area contributed by atoms with Gasteiger partial charge in [-0.05, 0) is 58.5 Å². The Hall–Kier alpha value is -0.890. The molecule has 0 saturated heterocycles. The first-order valence-corrected chi connectivity index (χ1v) is 8.49. The molecular weight excluding hydrogens is 418 g/mol. The largest absolute Gasteiger partial charge is 0.357 e. The molecular formula is C18H30FIN4. The SMILES string of the molecule is CCNC(=NCC1(c2ccccc2F)CC1)NCCCN(C)C.I. The molecule has 24 heavy (non-hydrogen) atoms. The van der Waals surface area contributed by atoms with Crippen LogP contribution in [0, 0.1) is 5.82 Å². The average Bonchev–Trinajstić information content (AvgIpc) is 3.30. The molecule has 1 saturated carbocycles. The Kier molecular flexibility index (Phi) is 8.97. The van der Waals surface area contributed by atoms with Gasteiger partial charge in [0.2, 0.25) is 0 Å². The van der Waals surface area contributed by atoms with Gasteiger partial charge in [-0.25, -0.2) is 4.39 Å². The van der Waals surface area contributed by atoms with Gasteiger partial charge in [-0.15, -0.1) is 24.0 Å². The highest BCUT2D eigenvalue weighted by molar-refractivity contribution is 14.0. The van der Waals surface area contributed by atoms with E-state index in [1.54, 1.807) is 12.1 Å². The van der Waals surface area contributed by atoms with E-state index < -0.39 is 0 Å². The zero-order chi connectivity index (χ0) is 16.7. The molecule has 1 aliphatic rings. The molecule has 1 aromatic carbocycles. The molecule has 2 rings (SSSR count). The van der Waals surface area contributed by atoms with E-state index >= 15 is 0 Å². The van der Waals surface area contributed by atoms with Gasteiger partial charge in [0.1, 0.15) is 5.82 Å². The van der Waals surface area contributed by atoms with Crippen LogP contribution in [0.5, 0.6) is 0 Å². The van der Waals surface area contributed by atoms with Crippen molar-refractivity contribution in [3.63, 3.8) is 0 Å². The van der Waals surface area contributed by atoms with E-state index in [0.29, 0.717) is 6.54 Å². The third kappa shape index (κ3) is 6.20.